The van der Waals surface area contributed by atoms with Crippen molar-refractivity contribution in [1.82, 2.24) is 24.8 Å². The predicted molar refractivity (Wildman–Crippen MR) is 124 cm³/mol. The number of halogens is 1. The van der Waals surface area contributed by atoms with Gasteiger partial charge in [-0.2, -0.15) is 9.61 Å². The second kappa shape index (κ2) is 8.44. The maximum atomic E-state index is 12.4. The van der Waals surface area contributed by atoms with E-state index >= 15 is 0 Å². The number of hydrogen-bond acceptors (Lipinski definition) is 5. The van der Waals surface area contributed by atoms with Gasteiger partial charge in [-0.25, -0.2) is 4.79 Å². The molecule has 32 heavy (non-hydrogen) atoms. The van der Waals surface area contributed by atoms with Gasteiger partial charge in [-0.3, -0.25) is 4.98 Å². The Bertz CT molecular complexity index is 1400. The smallest absolute Gasteiger partial charge is 0.308 e. The number of carbonyl (C=O) groups is 1. The Kier molecular flexibility index (Phi) is 5.19. The van der Waals surface area contributed by atoms with Gasteiger partial charge >= 0.3 is 6.03 Å². The number of urea groups is 1. The van der Waals surface area contributed by atoms with Crippen LogP contribution in [-0.4, -0.2) is 30.8 Å². The van der Waals surface area contributed by atoms with Gasteiger partial charge in [0.1, 0.15) is 0 Å². The second-order valence-electron chi connectivity index (χ2n) is 6.91. The quantitative estimate of drug-likeness (QED) is 0.402. The van der Waals surface area contributed by atoms with Gasteiger partial charge < -0.3 is 10.6 Å². The summed E-state index contributed by atoms with van der Waals surface area (Å²) in [6, 6.07) is 21.4. The van der Waals surface area contributed by atoms with E-state index in [1.807, 2.05) is 48.5 Å². The fourth-order valence-corrected chi connectivity index (χ4v) is 3.33. The van der Waals surface area contributed by atoms with E-state index in [-0.39, 0.29) is 6.03 Å². The van der Waals surface area contributed by atoms with Crippen LogP contribution in [-0.2, 0) is 0 Å². The first-order valence-electron chi connectivity index (χ1n) is 9.72. The van der Waals surface area contributed by atoms with Crippen LogP contribution in [0.25, 0.3) is 28.3 Å². The molecule has 0 unspecified atom stereocenters. The Hall–Kier alpha value is -4.30. The number of aromatic nitrogens is 5. The molecule has 0 spiro atoms. The minimum absolute atomic E-state index is 0.355. The molecule has 2 amide bonds. The van der Waals surface area contributed by atoms with Crippen LogP contribution in [0.3, 0.4) is 0 Å². The summed E-state index contributed by atoms with van der Waals surface area (Å²) in [6.07, 6.45) is 3.40. The standard InChI is InChI=1S/C23H16ClN7O/c24-17-4-6-18(7-5-17)26-23(32)27-19-3-1-2-16(14-19)20-8-9-21-28-29-22(31(21)30-20)15-10-12-25-13-11-15/h1-14H,(H2,26,27,32). The van der Waals surface area contributed by atoms with Crippen LogP contribution in [0.4, 0.5) is 16.2 Å². The van der Waals surface area contributed by atoms with Crippen LogP contribution in [0.1, 0.15) is 0 Å². The van der Waals surface area contributed by atoms with E-state index in [0.717, 1.165) is 16.8 Å². The zero-order valence-electron chi connectivity index (χ0n) is 16.6. The van der Waals surface area contributed by atoms with E-state index < -0.39 is 0 Å². The third kappa shape index (κ3) is 4.12. The molecule has 0 radical (unpaired) electrons. The predicted octanol–water partition coefficient (Wildman–Crippen LogP) is 5.15. The normalized spacial score (nSPS) is 10.8. The van der Waals surface area contributed by atoms with Crippen molar-refractivity contribution in [3.63, 3.8) is 0 Å². The molecule has 0 atom stereocenters. The summed E-state index contributed by atoms with van der Waals surface area (Å²) in [6.45, 7) is 0. The molecule has 2 N–H and O–H groups in total. The number of amides is 2. The third-order valence-corrected chi connectivity index (χ3v) is 4.97. The summed E-state index contributed by atoms with van der Waals surface area (Å²) in [5.74, 6) is 0.626. The summed E-state index contributed by atoms with van der Waals surface area (Å²) in [4.78, 5) is 16.4. The highest BCUT2D eigenvalue weighted by atomic mass is 35.5. The fraction of sp³-hybridized carbons (Fsp3) is 0. The van der Waals surface area contributed by atoms with Crippen LogP contribution in [0, 0.1) is 0 Å². The van der Waals surface area contributed by atoms with Crippen molar-refractivity contribution in [1.29, 1.82) is 0 Å². The third-order valence-electron chi connectivity index (χ3n) is 4.72. The summed E-state index contributed by atoms with van der Waals surface area (Å²) in [5.41, 5.74) is 4.34. The fourth-order valence-electron chi connectivity index (χ4n) is 3.21. The highest BCUT2D eigenvalue weighted by molar-refractivity contribution is 6.30. The average Bonchev–Trinajstić information content (AvgIpc) is 3.25. The molecule has 0 aliphatic carbocycles. The number of fused-ring (bicyclic) bond motifs is 1. The van der Waals surface area contributed by atoms with Crippen LogP contribution < -0.4 is 10.6 Å². The lowest BCUT2D eigenvalue weighted by atomic mass is 10.1. The summed E-state index contributed by atoms with van der Waals surface area (Å²) >= 11 is 5.88. The van der Waals surface area contributed by atoms with E-state index in [4.69, 9.17) is 16.7 Å². The van der Waals surface area contributed by atoms with Crippen LogP contribution in [0.2, 0.25) is 5.02 Å². The molecule has 5 aromatic rings. The zero-order chi connectivity index (χ0) is 21.9. The number of carbonyl (C=O) groups excluding carboxylic acids is 1. The number of nitrogens with zero attached hydrogens (tertiary/aromatic N) is 5. The Morgan fingerprint density at radius 3 is 2.41 bits per heavy atom. The maximum Gasteiger partial charge on any atom is 0.323 e. The highest BCUT2D eigenvalue weighted by Crippen LogP contribution is 2.23. The minimum Gasteiger partial charge on any atom is -0.308 e. The number of benzene rings is 2. The lowest BCUT2D eigenvalue weighted by molar-refractivity contribution is 0.262. The van der Waals surface area contributed by atoms with Gasteiger partial charge in [-0.05, 0) is 60.7 Å². The van der Waals surface area contributed by atoms with Gasteiger partial charge in [0.15, 0.2) is 11.5 Å². The monoisotopic (exact) mass is 441 g/mol. The first-order valence-corrected chi connectivity index (χ1v) is 10.1. The van der Waals surface area contributed by atoms with E-state index in [1.54, 1.807) is 41.2 Å². The van der Waals surface area contributed by atoms with E-state index in [0.29, 0.717) is 27.9 Å². The Morgan fingerprint density at radius 1 is 0.812 bits per heavy atom. The molecule has 0 fully saturated rings. The first-order chi connectivity index (χ1) is 15.7. The Labute approximate surface area is 187 Å². The van der Waals surface area contributed by atoms with E-state index in [1.165, 1.54) is 0 Å². The lowest BCUT2D eigenvalue weighted by Gasteiger charge is -2.09. The van der Waals surface area contributed by atoms with Crippen LogP contribution >= 0.6 is 11.6 Å². The van der Waals surface area contributed by atoms with Crippen molar-refractivity contribution >= 4 is 34.7 Å². The molecule has 0 aliphatic rings. The second-order valence-corrected chi connectivity index (χ2v) is 7.35. The largest absolute Gasteiger partial charge is 0.323 e. The van der Waals surface area contributed by atoms with Crippen molar-refractivity contribution in [2.45, 2.75) is 0 Å². The molecule has 5 rings (SSSR count). The molecule has 9 heteroatoms. The SMILES string of the molecule is O=C(Nc1ccc(Cl)cc1)Nc1cccc(-c2ccc3nnc(-c4ccncc4)n3n2)c1. The topological polar surface area (TPSA) is 97.1 Å². The van der Waals surface area contributed by atoms with E-state index in [9.17, 15) is 4.79 Å². The number of pyridine rings is 1. The van der Waals surface area contributed by atoms with Crippen molar-refractivity contribution in [2.24, 2.45) is 0 Å². The lowest BCUT2D eigenvalue weighted by Crippen LogP contribution is -2.19. The van der Waals surface area contributed by atoms with Crippen molar-refractivity contribution in [3.8, 4) is 22.6 Å². The molecule has 0 saturated heterocycles. The van der Waals surface area contributed by atoms with E-state index in [2.05, 4.69) is 25.8 Å². The summed E-state index contributed by atoms with van der Waals surface area (Å²) < 4.78 is 1.69. The van der Waals surface area contributed by atoms with Crippen molar-refractivity contribution in [2.75, 3.05) is 10.6 Å². The molecule has 8 nitrogen and oxygen atoms in total. The van der Waals surface area contributed by atoms with Crippen molar-refractivity contribution < 1.29 is 4.79 Å². The molecule has 3 heterocycles. The number of hydrogen-bond donors (Lipinski definition) is 2. The Balaban J connectivity index is 1.40. The Morgan fingerprint density at radius 2 is 1.59 bits per heavy atom. The summed E-state index contributed by atoms with van der Waals surface area (Å²) in [5, 5.41) is 19.4. The average molecular weight is 442 g/mol. The molecule has 0 aliphatic heterocycles. The van der Waals surface area contributed by atoms with Gasteiger partial charge in [0.05, 0.1) is 5.69 Å². The molecule has 156 valence electrons. The van der Waals surface area contributed by atoms with Gasteiger partial charge in [0.25, 0.3) is 0 Å². The molecular weight excluding hydrogens is 426 g/mol. The number of rotatable bonds is 4. The summed E-state index contributed by atoms with van der Waals surface area (Å²) in [7, 11) is 0. The zero-order valence-corrected chi connectivity index (χ0v) is 17.4. The molecule has 3 aromatic heterocycles. The molecule has 0 saturated carbocycles. The maximum absolute atomic E-state index is 12.4. The van der Waals surface area contributed by atoms with Crippen LogP contribution in [0.15, 0.2) is 85.2 Å². The molecule has 2 aromatic carbocycles. The molecule has 0 bridgehead atoms. The van der Waals surface area contributed by atoms with Crippen molar-refractivity contribution in [3.05, 3.63) is 90.2 Å². The van der Waals surface area contributed by atoms with Gasteiger partial charge in [0, 0.05) is 39.9 Å². The van der Waals surface area contributed by atoms with Gasteiger partial charge in [-0.1, -0.05) is 23.7 Å². The highest BCUT2D eigenvalue weighted by Gasteiger charge is 2.11. The molecular formula is C23H16ClN7O. The first kappa shape index (κ1) is 19.7. The van der Waals surface area contributed by atoms with Gasteiger partial charge in [-0.15, -0.1) is 10.2 Å². The van der Waals surface area contributed by atoms with Gasteiger partial charge in [0.2, 0.25) is 0 Å². The minimum atomic E-state index is -0.355. The number of anilines is 2. The number of nitrogens with one attached hydrogen (secondary N) is 2. The van der Waals surface area contributed by atoms with Crippen LogP contribution in [0.5, 0.6) is 0 Å².